The van der Waals surface area contributed by atoms with Gasteiger partial charge in [-0.3, -0.25) is 4.98 Å². The Hall–Kier alpha value is -2.30. The van der Waals surface area contributed by atoms with E-state index in [1.807, 2.05) is 18.2 Å². The zero-order chi connectivity index (χ0) is 14.4. The lowest BCUT2D eigenvalue weighted by Crippen LogP contribution is -2.05. The summed E-state index contributed by atoms with van der Waals surface area (Å²) in [7, 11) is 3.27. The number of benzene rings is 1. The van der Waals surface area contributed by atoms with Crippen LogP contribution in [0, 0.1) is 0 Å². The molecule has 0 fully saturated rings. The molecule has 1 aromatic carbocycles. The number of methoxy groups -OCH3 is 2. The lowest BCUT2D eigenvalue weighted by molar-refractivity contribution is 0.397. The van der Waals surface area contributed by atoms with Crippen molar-refractivity contribution in [2.24, 2.45) is 0 Å². The van der Waals surface area contributed by atoms with Crippen LogP contribution in [0.4, 0.5) is 5.82 Å². The van der Waals surface area contributed by atoms with E-state index in [-0.39, 0.29) is 0 Å². The Morgan fingerprint density at radius 1 is 1.05 bits per heavy atom. The third-order valence-corrected chi connectivity index (χ3v) is 2.91. The molecule has 2 rings (SSSR count). The van der Waals surface area contributed by atoms with Gasteiger partial charge < -0.3 is 14.8 Å². The Morgan fingerprint density at radius 2 is 1.70 bits per heavy atom. The molecule has 0 atom stereocenters. The van der Waals surface area contributed by atoms with Gasteiger partial charge in [0.05, 0.1) is 19.8 Å². The van der Waals surface area contributed by atoms with Crippen LogP contribution in [0.5, 0.6) is 11.5 Å². The number of hydrogen-bond acceptors (Lipinski definition) is 5. The quantitative estimate of drug-likeness (QED) is 0.876. The van der Waals surface area contributed by atoms with E-state index in [4.69, 9.17) is 9.47 Å². The molecule has 0 aliphatic rings. The van der Waals surface area contributed by atoms with Crippen LogP contribution in [-0.4, -0.2) is 30.7 Å². The first-order valence-corrected chi connectivity index (χ1v) is 6.58. The summed E-state index contributed by atoms with van der Waals surface area (Å²) in [5.41, 5.74) is 1.54. The molecular weight excluding hydrogens is 254 g/mol. The summed E-state index contributed by atoms with van der Waals surface area (Å²) >= 11 is 0. The second-order valence-corrected chi connectivity index (χ2v) is 4.22. The van der Waals surface area contributed by atoms with Gasteiger partial charge in [0.15, 0.2) is 5.82 Å². The van der Waals surface area contributed by atoms with E-state index in [0.717, 1.165) is 30.0 Å². The second-order valence-electron chi connectivity index (χ2n) is 4.22. The molecule has 1 aromatic heterocycles. The first kappa shape index (κ1) is 14.1. The van der Waals surface area contributed by atoms with E-state index in [1.165, 1.54) is 0 Å². The second kappa shape index (κ2) is 6.75. The summed E-state index contributed by atoms with van der Waals surface area (Å²) in [5, 5.41) is 3.28. The highest BCUT2D eigenvalue weighted by Gasteiger charge is 2.17. The smallest absolute Gasteiger partial charge is 0.152 e. The van der Waals surface area contributed by atoms with Gasteiger partial charge in [0.1, 0.15) is 17.2 Å². The van der Waals surface area contributed by atoms with Gasteiger partial charge >= 0.3 is 0 Å². The lowest BCUT2D eigenvalue weighted by Gasteiger charge is -2.15. The molecule has 5 heteroatoms. The Balaban J connectivity index is 2.55. The van der Waals surface area contributed by atoms with E-state index in [9.17, 15) is 0 Å². The van der Waals surface area contributed by atoms with Crippen molar-refractivity contribution in [2.45, 2.75) is 13.3 Å². The predicted molar refractivity (Wildman–Crippen MR) is 79.4 cm³/mol. The standard InChI is InChI=1S/C15H19N3O2/c1-4-8-17-15-14(16-9-10-18-15)13-11(19-2)6-5-7-12(13)20-3/h5-7,9-10H,4,8H2,1-3H3,(H,17,18). The zero-order valence-corrected chi connectivity index (χ0v) is 12.0. The molecule has 0 spiro atoms. The van der Waals surface area contributed by atoms with Crippen molar-refractivity contribution in [3.8, 4) is 22.8 Å². The van der Waals surface area contributed by atoms with Gasteiger partial charge in [-0.1, -0.05) is 13.0 Å². The molecule has 1 heterocycles. The van der Waals surface area contributed by atoms with E-state index in [0.29, 0.717) is 11.5 Å². The summed E-state index contributed by atoms with van der Waals surface area (Å²) in [6.07, 6.45) is 4.35. The summed E-state index contributed by atoms with van der Waals surface area (Å²) in [5.74, 6) is 2.16. The van der Waals surface area contributed by atoms with Gasteiger partial charge in [0.25, 0.3) is 0 Å². The van der Waals surface area contributed by atoms with Crippen LogP contribution in [0.25, 0.3) is 11.3 Å². The van der Waals surface area contributed by atoms with Crippen LogP contribution in [0.1, 0.15) is 13.3 Å². The summed E-state index contributed by atoms with van der Waals surface area (Å²) in [6.45, 7) is 2.94. The highest BCUT2D eigenvalue weighted by Crippen LogP contribution is 2.39. The Bertz CT molecular complexity index is 551. The van der Waals surface area contributed by atoms with Crippen LogP contribution in [0.2, 0.25) is 0 Å². The van der Waals surface area contributed by atoms with Crippen LogP contribution in [-0.2, 0) is 0 Å². The first-order valence-electron chi connectivity index (χ1n) is 6.58. The Labute approximate surface area is 119 Å². The topological polar surface area (TPSA) is 56.3 Å². The maximum Gasteiger partial charge on any atom is 0.152 e. The van der Waals surface area contributed by atoms with Crippen molar-refractivity contribution < 1.29 is 9.47 Å². The van der Waals surface area contributed by atoms with Crippen molar-refractivity contribution in [1.82, 2.24) is 9.97 Å². The normalized spacial score (nSPS) is 10.2. The largest absolute Gasteiger partial charge is 0.496 e. The van der Waals surface area contributed by atoms with Gasteiger partial charge in [-0.05, 0) is 18.6 Å². The molecule has 0 aliphatic heterocycles. The number of rotatable bonds is 6. The number of aromatic nitrogens is 2. The molecule has 1 N–H and O–H groups in total. The summed E-state index contributed by atoms with van der Waals surface area (Å²) < 4.78 is 10.9. The molecular formula is C15H19N3O2. The molecule has 0 radical (unpaired) electrons. The van der Waals surface area contributed by atoms with Crippen LogP contribution >= 0.6 is 0 Å². The molecule has 2 aromatic rings. The van der Waals surface area contributed by atoms with Crippen molar-refractivity contribution in [2.75, 3.05) is 26.1 Å². The number of hydrogen-bond donors (Lipinski definition) is 1. The molecule has 0 unspecified atom stereocenters. The molecule has 0 aliphatic carbocycles. The van der Waals surface area contributed by atoms with Gasteiger partial charge in [0, 0.05) is 18.9 Å². The Morgan fingerprint density at radius 3 is 2.30 bits per heavy atom. The van der Waals surface area contributed by atoms with E-state index in [2.05, 4.69) is 22.2 Å². The van der Waals surface area contributed by atoms with Crippen molar-refractivity contribution in [1.29, 1.82) is 0 Å². The van der Waals surface area contributed by atoms with E-state index >= 15 is 0 Å². The highest BCUT2D eigenvalue weighted by atomic mass is 16.5. The molecule has 20 heavy (non-hydrogen) atoms. The molecule has 0 bridgehead atoms. The monoisotopic (exact) mass is 273 g/mol. The summed E-state index contributed by atoms with van der Waals surface area (Å²) in [6, 6.07) is 5.66. The average Bonchev–Trinajstić information content (AvgIpc) is 2.52. The summed E-state index contributed by atoms with van der Waals surface area (Å²) in [4.78, 5) is 8.79. The van der Waals surface area contributed by atoms with Gasteiger partial charge in [-0.2, -0.15) is 0 Å². The molecule has 0 amide bonds. The zero-order valence-electron chi connectivity index (χ0n) is 12.0. The maximum absolute atomic E-state index is 5.43. The van der Waals surface area contributed by atoms with Gasteiger partial charge in [-0.15, -0.1) is 0 Å². The molecule has 0 saturated heterocycles. The highest BCUT2D eigenvalue weighted by molar-refractivity contribution is 5.81. The van der Waals surface area contributed by atoms with Crippen LogP contribution in [0.15, 0.2) is 30.6 Å². The molecule has 5 nitrogen and oxygen atoms in total. The Kier molecular flexibility index (Phi) is 4.76. The minimum Gasteiger partial charge on any atom is -0.496 e. The van der Waals surface area contributed by atoms with Gasteiger partial charge in [-0.25, -0.2) is 4.98 Å². The fraction of sp³-hybridized carbons (Fsp3) is 0.333. The predicted octanol–water partition coefficient (Wildman–Crippen LogP) is 2.98. The lowest BCUT2D eigenvalue weighted by atomic mass is 10.1. The number of ether oxygens (including phenoxy) is 2. The minimum absolute atomic E-state index is 0.712. The first-order chi connectivity index (χ1) is 9.81. The van der Waals surface area contributed by atoms with Gasteiger partial charge in [0.2, 0.25) is 0 Å². The number of nitrogens with one attached hydrogen (secondary N) is 1. The minimum atomic E-state index is 0.712. The third-order valence-electron chi connectivity index (χ3n) is 2.91. The fourth-order valence-electron chi connectivity index (χ4n) is 1.98. The van der Waals surface area contributed by atoms with Crippen LogP contribution in [0.3, 0.4) is 0 Å². The number of nitrogens with zero attached hydrogens (tertiary/aromatic N) is 2. The third kappa shape index (κ3) is 2.82. The maximum atomic E-state index is 5.43. The SMILES string of the molecule is CCCNc1nccnc1-c1c(OC)cccc1OC. The van der Waals surface area contributed by atoms with E-state index < -0.39 is 0 Å². The molecule has 0 saturated carbocycles. The van der Waals surface area contributed by atoms with Crippen molar-refractivity contribution in [3.05, 3.63) is 30.6 Å². The average molecular weight is 273 g/mol. The van der Waals surface area contributed by atoms with Crippen molar-refractivity contribution in [3.63, 3.8) is 0 Å². The van der Waals surface area contributed by atoms with Crippen molar-refractivity contribution >= 4 is 5.82 Å². The number of anilines is 1. The van der Waals surface area contributed by atoms with E-state index in [1.54, 1.807) is 26.6 Å². The van der Waals surface area contributed by atoms with Crippen LogP contribution < -0.4 is 14.8 Å². The molecule has 106 valence electrons. The fourth-order valence-corrected chi connectivity index (χ4v) is 1.98.